The van der Waals surface area contributed by atoms with Crippen molar-refractivity contribution in [3.8, 4) is 11.5 Å². The molecule has 0 radical (unpaired) electrons. The fraction of sp³-hybridized carbons (Fsp3) is 0.500. The first kappa shape index (κ1) is 16.6. The van der Waals surface area contributed by atoms with E-state index >= 15 is 0 Å². The molecule has 0 fully saturated rings. The summed E-state index contributed by atoms with van der Waals surface area (Å²) in [6.07, 6.45) is 0. The maximum absolute atomic E-state index is 5.28. The van der Waals surface area contributed by atoms with E-state index in [1.807, 2.05) is 12.1 Å². The lowest BCUT2D eigenvalue weighted by molar-refractivity contribution is 0.352. The smallest absolute Gasteiger partial charge is 0.174 e. The summed E-state index contributed by atoms with van der Waals surface area (Å²) in [5, 5.41) is 3.36. The van der Waals surface area contributed by atoms with Gasteiger partial charge in [0.25, 0.3) is 0 Å². The number of halogens is 2. The van der Waals surface area contributed by atoms with Crippen molar-refractivity contribution >= 4 is 28.3 Å². The molecule has 0 saturated carbocycles. The monoisotopic (exact) mass is 323 g/mol. The number of ether oxygens (including phenoxy) is 2. The molecule has 0 aliphatic heterocycles. The van der Waals surface area contributed by atoms with Gasteiger partial charge in [-0.15, -0.1) is 12.4 Å². The molecule has 17 heavy (non-hydrogen) atoms. The Hall–Kier alpha value is -0.450. The average molecular weight is 325 g/mol. The molecular weight excluding hydrogens is 305 g/mol. The van der Waals surface area contributed by atoms with Crippen LogP contribution in [0.2, 0.25) is 0 Å². The zero-order chi connectivity index (χ0) is 12.1. The molecule has 1 N–H and O–H groups in total. The van der Waals surface area contributed by atoms with Crippen molar-refractivity contribution in [2.24, 2.45) is 0 Å². The molecule has 0 unspecified atom stereocenters. The Morgan fingerprint density at radius 1 is 1.24 bits per heavy atom. The van der Waals surface area contributed by atoms with Gasteiger partial charge in [0.2, 0.25) is 0 Å². The SMILES string of the molecule is COc1cc(CNC(C)C)cc(Br)c1OC.Cl. The average Bonchev–Trinajstić information content (AvgIpc) is 2.25. The zero-order valence-corrected chi connectivity index (χ0v) is 12.9. The maximum Gasteiger partial charge on any atom is 0.174 e. The quantitative estimate of drug-likeness (QED) is 0.900. The topological polar surface area (TPSA) is 30.5 Å². The standard InChI is InChI=1S/C12H18BrNO2.ClH/c1-8(2)14-7-9-5-10(13)12(16-4)11(6-9)15-3;/h5-6,8,14H,7H2,1-4H3;1H. The van der Waals surface area contributed by atoms with Gasteiger partial charge in [0.1, 0.15) is 0 Å². The molecule has 0 spiro atoms. The van der Waals surface area contributed by atoms with E-state index in [-0.39, 0.29) is 12.4 Å². The van der Waals surface area contributed by atoms with Crippen LogP contribution in [0.15, 0.2) is 16.6 Å². The normalized spacial score (nSPS) is 10.0. The summed E-state index contributed by atoms with van der Waals surface area (Å²) in [7, 11) is 3.28. The van der Waals surface area contributed by atoms with Crippen LogP contribution >= 0.6 is 28.3 Å². The molecule has 1 aromatic carbocycles. The second kappa shape index (κ2) is 7.80. The van der Waals surface area contributed by atoms with Crippen LogP contribution < -0.4 is 14.8 Å². The Balaban J connectivity index is 0.00000256. The highest BCUT2D eigenvalue weighted by molar-refractivity contribution is 9.10. The maximum atomic E-state index is 5.28. The first-order chi connectivity index (χ1) is 7.58. The lowest BCUT2D eigenvalue weighted by Crippen LogP contribution is -2.21. The van der Waals surface area contributed by atoms with E-state index in [0.29, 0.717) is 6.04 Å². The van der Waals surface area contributed by atoms with Crippen LogP contribution in [0.5, 0.6) is 11.5 Å². The first-order valence-electron chi connectivity index (χ1n) is 5.22. The molecule has 0 amide bonds. The third-order valence-electron chi connectivity index (χ3n) is 2.21. The zero-order valence-electron chi connectivity index (χ0n) is 10.5. The van der Waals surface area contributed by atoms with Gasteiger partial charge in [-0.25, -0.2) is 0 Å². The number of hydrogen-bond donors (Lipinski definition) is 1. The second-order valence-corrected chi connectivity index (χ2v) is 4.70. The molecule has 0 bridgehead atoms. The van der Waals surface area contributed by atoms with Gasteiger partial charge in [-0.2, -0.15) is 0 Å². The van der Waals surface area contributed by atoms with Gasteiger partial charge in [0.15, 0.2) is 11.5 Å². The third-order valence-corrected chi connectivity index (χ3v) is 2.80. The molecule has 5 heteroatoms. The van der Waals surface area contributed by atoms with E-state index in [1.54, 1.807) is 14.2 Å². The van der Waals surface area contributed by atoms with Crippen molar-refractivity contribution < 1.29 is 9.47 Å². The minimum atomic E-state index is 0. The summed E-state index contributed by atoms with van der Waals surface area (Å²) < 4.78 is 11.4. The van der Waals surface area contributed by atoms with Gasteiger partial charge in [-0.1, -0.05) is 13.8 Å². The van der Waals surface area contributed by atoms with Crippen molar-refractivity contribution in [1.29, 1.82) is 0 Å². The molecule has 0 saturated heterocycles. The molecule has 0 atom stereocenters. The van der Waals surface area contributed by atoms with E-state index in [9.17, 15) is 0 Å². The fourth-order valence-electron chi connectivity index (χ4n) is 1.40. The molecule has 0 heterocycles. The molecule has 0 aliphatic rings. The van der Waals surface area contributed by atoms with E-state index in [4.69, 9.17) is 9.47 Å². The molecule has 1 rings (SSSR count). The lowest BCUT2D eigenvalue weighted by Gasteiger charge is -2.13. The third kappa shape index (κ3) is 4.74. The minimum absolute atomic E-state index is 0. The lowest BCUT2D eigenvalue weighted by atomic mass is 10.2. The first-order valence-corrected chi connectivity index (χ1v) is 6.01. The van der Waals surface area contributed by atoms with E-state index in [0.717, 1.165) is 22.5 Å². The van der Waals surface area contributed by atoms with E-state index in [1.165, 1.54) is 5.56 Å². The molecule has 0 aliphatic carbocycles. The predicted octanol–water partition coefficient (Wildman–Crippen LogP) is 3.39. The number of nitrogens with one attached hydrogen (secondary N) is 1. The van der Waals surface area contributed by atoms with Crippen LogP contribution in [0.3, 0.4) is 0 Å². The summed E-state index contributed by atoms with van der Waals surface area (Å²) in [6, 6.07) is 4.49. The predicted molar refractivity (Wildman–Crippen MR) is 76.5 cm³/mol. The number of methoxy groups -OCH3 is 2. The van der Waals surface area contributed by atoms with Gasteiger partial charge in [-0.3, -0.25) is 0 Å². The Morgan fingerprint density at radius 2 is 1.88 bits per heavy atom. The highest BCUT2D eigenvalue weighted by Gasteiger charge is 2.10. The van der Waals surface area contributed by atoms with Crippen LogP contribution in [-0.4, -0.2) is 20.3 Å². The van der Waals surface area contributed by atoms with Crippen LogP contribution in [0.25, 0.3) is 0 Å². The van der Waals surface area contributed by atoms with Gasteiger partial charge < -0.3 is 14.8 Å². The molecule has 0 aromatic heterocycles. The molecule has 1 aromatic rings. The van der Waals surface area contributed by atoms with Crippen LogP contribution in [-0.2, 0) is 6.54 Å². The van der Waals surface area contributed by atoms with Crippen molar-refractivity contribution in [2.45, 2.75) is 26.4 Å². The Morgan fingerprint density at radius 3 is 2.35 bits per heavy atom. The van der Waals surface area contributed by atoms with Crippen molar-refractivity contribution in [3.63, 3.8) is 0 Å². The van der Waals surface area contributed by atoms with Crippen LogP contribution in [0, 0.1) is 0 Å². The molecular formula is C12H19BrClNO2. The van der Waals surface area contributed by atoms with E-state index < -0.39 is 0 Å². The van der Waals surface area contributed by atoms with Gasteiger partial charge >= 0.3 is 0 Å². The largest absolute Gasteiger partial charge is 0.493 e. The van der Waals surface area contributed by atoms with Crippen molar-refractivity contribution in [1.82, 2.24) is 5.32 Å². The van der Waals surface area contributed by atoms with Gasteiger partial charge in [0.05, 0.1) is 18.7 Å². The highest BCUT2D eigenvalue weighted by Crippen LogP contribution is 2.36. The number of rotatable bonds is 5. The van der Waals surface area contributed by atoms with Crippen LogP contribution in [0.4, 0.5) is 0 Å². The Labute approximate surface area is 117 Å². The van der Waals surface area contributed by atoms with Crippen molar-refractivity contribution in [3.05, 3.63) is 22.2 Å². The minimum Gasteiger partial charge on any atom is -0.493 e. The van der Waals surface area contributed by atoms with E-state index in [2.05, 4.69) is 35.1 Å². The Bertz CT molecular complexity index is 359. The summed E-state index contributed by atoms with van der Waals surface area (Å²) in [6.45, 7) is 5.06. The summed E-state index contributed by atoms with van der Waals surface area (Å²) >= 11 is 3.47. The van der Waals surface area contributed by atoms with Gasteiger partial charge in [0, 0.05) is 12.6 Å². The molecule has 98 valence electrons. The van der Waals surface area contributed by atoms with Crippen molar-refractivity contribution in [2.75, 3.05) is 14.2 Å². The summed E-state index contributed by atoms with van der Waals surface area (Å²) in [4.78, 5) is 0. The highest BCUT2D eigenvalue weighted by atomic mass is 79.9. The fourth-order valence-corrected chi connectivity index (χ4v) is 2.05. The molecule has 3 nitrogen and oxygen atoms in total. The summed E-state index contributed by atoms with van der Waals surface area (Å²) in [5.74, 6) is 1.48. The van der Waals surface area contributed by atoms with Gasteiger partial charge in [-0.05, 0) is 33.6 Å². The number of benzene rings is 1. The summed E-state index contributed by atoms with van der Waals surface area (Å²) in [5.41, 5.74) is 1.17. The van der Waals surface area contributed by atoms with Crippen LogP contribution in [0.1, 0.15) is 19.4 Å². The Kier molecular flexibility index (Phi) is 7.59. The number of hydrogen-bond acceptors (Lipinski definition) is 3. The second-order valence-electron chi connectivity index (χ2n) is 3.85.